The Morgan fingerprint density at radius 1 is 0.931 bits per heavy atom. The fourth-order valence-electron chi connectivity index (χ4n) is 2.89. The summed E-state index contributed by atoms with van der Waals surface area (Å²) in [5.41, 5.74) is 0.578. The molecule has 0 saturated heterocycles. The molecule has 6 nitrogen and oxygen atoms in total. The van der Waals surface area contributed by atoms with Crippen LogP contribution in [0.1, 0.15) is 21.7 Å². The van der Waals surface area contributed by atoms with Crippen LogP contribution < -0.4 is 5.32 Å². The van der Waals surface area contributed by atoms with Crippen LogP contribution in [-0.4, -0.2) is 25.7 Å². The van der Waals surface area contributed by atoms with Gasteiger partial charge in [-0.2, -0.15) is 22.8 Å². The van der Waals surface area contributed by atoms with Gasteiger partial charge in [0.2, 0.25) is 0 Å². The largest absolute Gasteiger partial charge is 0.417 e. The Bertz CT molecular complexity index is 1170. The first-order chi connectivity index (χ1) is 13.9. The van der Waals surface area contributed by atoms with E-state index < -0.39 is 23.2 Å². The van der Waals surface area contributed by atoms with Crippen LogP contribution in [0.25, 0.3) is 16.9 Å². The molecule has 0 aliphatic carbocycles. The highest BCUT2D eigenvalue weighted by Crippen LogP contribution is 2.31. The van der Waals surface area contributed by atoms with Gasteiger partial charge >= 0.3 is 6.18 Å². The van der Waals surface area contributed by atoms with Gasteiger partial charge in [0.05, 0.1) is 23.4 Å². The molecule has 0 aliphatic rings. The zero-order valence-electron chi connectivity index (χ0n) is 14.9. The van der Waals surface area contributed by atoms with Crippen molar-refractivity contribution in [1.82, 2.24) is 25.1 Å². The van der Waals surface area contributed by atoms with Gasteiger partial charge in [-0.1, -0.05) is 42.5 Å². The number of rotatable bonds is 4. The van der Waals surface area contributed by atoms with Gasteiger partial charge in [0, 0.05) is 5.56 Å². The van der Waals surface area contributed by atoms with Gasteiger partial charge in [0.1, 0.15) is 0 Å². The molecule has 4 rings (SSSR count). The molecule has 2 aromatic carbocycles. The van der Waals surface area contributed by atoms with Crippen molar-refractivity contribution in [2.24, 2.45) is 0 Å². The van der Waals surface area contributed by atoms with Gasteiger partial charge < -0.3 is 5.32 Å². The van der Waals surface area contributed by atoms with Crippen LogP contribution in [-0.2, 0) is 12.7 Å². The molecule has 0 aliphatic heterocycles. The predicted molar refractivity (Wildman–Crippen MR) is 98.8 cm³/mol. The molecule has 0 atom stereocenters. The number of carbonyl (C=O) groups excluding carboxylic acids is 1. The average molecular weight is 397 g/mol. The second-order valence-corrected chi connectivity index (χ2v) is 6.20. The number of fused-ring (bicyclic) bond motifs is 1. The van der Waals surface area contributed by atoms with Crippen LogP contribution in [0.3, 0.4) is 0 Å². The van der Waals surface area contributed by atoms with E-state index in [1.165, 1.54) is 16.6 Å². The predicted octanol–water partition coefficient (Wildman–Crippen LogP) is 3.74. The lowest BCUT2D eigenvalue weighted by molar-refractivity contribution is -0.137. The average Bonchev–Trinajstić information content (AvgIpc) is 3.14. The number of aromatic nitrogens is 4. The lowest BCUT2D eigenvalue weighted by Gasteiger charge is -2.12. The first-order valence-electron chi connectivity index (χ1n) is 8.64. The summed E-state index contributed by atoms with van der Waals surface area (Å²) in [7, 11) is 0. The number of halogens is 3. The molecule has 146 valence electrons. The maximum atomic E-state index is 13.1. The van der Waals surface area contributed by atoms with Crippen molar-refractivity contribution < 1.29 is 18.0 Å². The summed E-state index contributed by atoms with van der Waals surface area (Å²) >= 11 is 0. The fraction of sp³-hybridized carbons (Fsp3) is 0.100. The molecule has 0 bridgehead atoms. The monoisotopic (exact) mass is 397 g/mol. The number of hydrogen-bond acceptors (Lipinski definition) is 4. The molecule has 2 heterocycles. The SMILES string of the molecule is O=C(NCc1nnc2ccc(-c3ccccc3)nn12)c1ccccc1C(F)(F)F. The van der Waals surface area contributed by atoms with E-state index in [9.17, 15) is 18.0 Å². The minimum Gasteiger partial charge on any atom is -0.345 e. The van der Waals surface area contributed by atoms with E-state index >= 15 is 0 Å². The van der Waals surface area contributed by atoms with Crippen LogP contribution in [0.15, 0.2) is 66.7 Å². The summed E-state index contributed by atoms with van der Waals surface area (Å²) in [4.78, 5) is 12.3. The van der Waals surface area contributed by atoms with Crippen molar-refractivity contribution in [2.75, 3.05) is 0 Å². The van der Waals surface area contributed by atoms with Gasteiger partial charge in [-0.3, -0.25) is 4.79 Å². The van der Waals surface area contributed by atoms with Gasteiger partial charge in [0.25, 0.3) is 5.91 Å². The molecule has 0 unspecified atom stereocenters. The molecule has 4 aromatic rings. The third-order valence-electron chi connectivity index (χ3n) is 4.28. The number of hydrogen-bond donors (Lipinski definition) is 1. The summed E-state index contributed by atoms with van der Waals surface area (Å²) < 4.78 is 40.8. The number of nitrogens with one attached hydrogen (secondary N) is 1. The summed E-state index contributed by atoms with van der Waals surface area (Å²) in [6.45, 7) is -0.128. The maximum absolute atomic E-state index is 13.1. The van der Waals surface area contributed by atoms with Crippen molar-refractivity contribution >= 4 is 11.6 Å². The molecule has 29 heavy (non-hydrogen) atoms. The van der Waals surface area contributed by atoms with Crippen LogP contribution >= 0.6 is 0 Å². The second-order valence-electron chi connectivity index (χ2n) is 6.20. The van der Waals surface area contributed by atoms with E-state index in [0.717, 1.165) is 17.7 Å². The van der Waals surface area contributed by atoms with Crippen LogP contribution in [0.5, 0.6) is 0 Å². The molecule has 2 aromatic heterocycles. The van der Waals surface area contributed by atoms with Crippen molar-refractivity contribution in [3.05, 3.63) is 83.7 Å². The molecule has 0 saturated carbocycles. The van der Waals surface area contributed by atoms with Gasteiger partial charge in [0.15, 0.2) is 11.5 Å². The molecular formula is C20H14F3N5O. The van der Waals surface area contributed by atoms with Crippen LogP contribution in [0, 0.1) is 0 Å². The Morgan fingerprint density at radius 3 is 2.41 bits per heavy atom. The smallest absolute Gasteiger partial charge is 0.345 e. The van der Waals surface area contributed by atoms with Gasteiger partial charge in [-0.25, -0.2) is 0 Å². The summed E-state index contributed by atoms with van der Waals surface area (Å²) in [6.07, 6.45) is -4.62. The number of amides is 1. The Labute approximate surface area is 163 Å². The number of alkyl halides is 3. The fourth-order valence-corrected chi connectivity index (χ4v) is 2.89. The van der Waals surface area contributed by atoms with Crippen molar-refractivity contribution in [3.8, 4) is 11.3 Å². The molecule has 1 N–H and O–H groups in total. The van der Waals surface area contributed by atoms with Crippen molar-refractivity contribution in [2.45, 2.75) is 12.7 Å². The van der Waals surface area contributed by atoms with Gasteiger partial charge in [-0.15, -0.1) is 10.2 Å². The summed E-state index contributed by atoms with van der Waals surface area (Å²) in [5, 5.41) is 14.9. The topological polar surface area (TPSA) is 72.2 Å². The zero-order valence-corrected chi connectivity index (χ0v) is 14.9. The van der Waals surface area contributed by atoms with E-state index in [-0.39, 0.29) is 6.54 Å². The highest BCUT2D eigenvalue weighted by molar-refractivity contribution is 5.95. The number of nitrogens with zero attached hydrogens (tertiary/aromatic N) is 4. The number of carbonyl (C=O) groups is 1. The molecule has 0 spiro atoms. The van der Waals surface area contributed by atoms with Crippen molar-refractivity contribution in [3.63, 3.8) is 0 Å². The molecule has 0 radical (unpaired) electrons. The standard InChI is InChI=1S/C20H14F3N5O/c21-20(22,23)15-9-5-4-8-14(15)19(29)24-12-18-26-25-17-11-10-16(27-28(17)18)13-6-2-1-3-7-13/h1-11H,12H2,(H,24,29). The van der Waals surface area contributed by atoms with E-state index in [4.69, 9.17) is 0 Å². The minimum absolute atomic E-state index is 0.128. The molecule has 0 fully saturated rings. The number of benzene rings is 2. The first-order valence-corrected chi connectivity index (χ1v) is 8.64. The summed E-state index contributed by atoms with van der Waals surface area (Å²) in [6, 6.07) is 17.6. The highest BCUT2D eigenvalue weighted by atomic mass is 19.4. The molecular weight excluding hydrogens is 383 g/mol. The van der Waals surface area contributed by atoms with Crippen molar-refractivity contribution in [1.29, 1.82) is 0 Å². The Balaban J connectivity index is 1.59. The van der Waals surface area contributed by atoms with Crippen LogP contribution in [0.2, 0.25) is 0 Å². The lowest BCUT2D eigenvalue weighted by atomic mass is 10.1. The third-order valence-corrected chi connectivity index (χ3v) is 4.28. The first kappa shape index (κ1) is 18.6. The summed E-state index contributed by atoms with van der Waals surface area (Å²) in [5.74, 6) is -0.551. The quantitative estimate of drug-likeness (QED) is 0.570. The second kappa shape index (κ2) is 7.34. The normalized spacial score (nSPS) is 11.6. The zero-order chi connectivity index (χ0) is 20.4. The van der Waals surface area contributed by atoms with Crippen LogP contribution in [0.4, 0.5) is 13.2 Å². The van der Waals surface area contributed by atoms with Gasteiger partial charge in [-0.05, 0) is 24.3 Å². The lowest BCUT2D eigenvalue weighted by Crippen LogP contribution is -2.27. The van der Waals surface area contributed by atoms with E-state index in [1.807, 2.05) is 30.3 Å². The highest BCUT2D eigenvalue weighted by Gasteiger charge is 2.34. The van der Waals surface area contributed by atoms with E-state index in [2.05, 4.69) is 20.6 Å². The Morgan fingerprint density at radius 2 is 1.66 bits per heavy atom. The molecule has 1 amide bonds. The Hall–Kier alpha value is -3.75. The minimum atomic E-state index is -4.62. The van der Waals surface area contributed by atoms with E-state index in [0.29, 0.717) is 17.2 Å². The molecule has 9 heteroatoms. The Kier molecular flexibility index (Phi) is 4.71. The maximum Gasteiger partial charge on any atom is 0.417 e. The third kappa shape index (κ3) is 3.79. The van der Waals surface area contributed by atoms with E-state index in [1.54, 1.807) is 12.1 Å².